The molecule has 0 fully saturated rings. The van der Waals surface area contributed by atoms with Crippen molar-refractivity contribution in [2.24, 2.45) is 5.10 Å². The van der Waals surface area contributed by atoms with Crippen LogP contribution >= 0.6 is 11.6 Å². The first kappa shape index (κ1) is 15.1. The van der Waals surface area contributed by atoms with Gasteiger partial charge in [0, 0.05) is 16.1 Å². The molecule has 0 aromatic heterocycles. The lowest BCUT2D eigenvalue weighted by molar-refractivity contribution is 0.0955. The highest BCUT2D eigenvalue weighted by molar-refractivity contribution is 6.30. The van der Waals surface area contributed by atoms with E-state index >= 15 is 0 Å². The Morgan fingerprint density at radius 2 is 1.91 bits per heavy atom. The van der Waals surface area contributed by atoms with Crippen molar-refractivity contribution in [3.05, 3.63) is 76.8 Å². The predicted octanol–water partition coefficient (Wildman–Crippen LogP) is 3.96. The summed E-state index contributed by atoms with van der Waals surface area (Å²) in [6, 6.07) is 17.6. The normalized spacial score (nSPS) is 11.0. The lowest BCUT2D eigenvalue weighted by Gasteiger charge is -2.05. The third kappa shape index (κ3) is 3.33. The Balaban J connectivity index is 1.84. The van der Waals surface area contributed by atoms with E-state index in [9.17, 15) is 9.90 Å². The molecule has 0 aliphatic heterocycles. The molecule has 3 aromatic carbocycles. The molecule has 2 N–H and O–H groups in total. The molecule has 1 amide bonds. The fourth-order valence-electron chi connectivity index (χ4n) is 2.27. The maximum atomic E-state index is 12.0. The minimum atomic E-state index is -0.372. The number of phenolic OH excluding ortho intramolecular Hbond substituents is 1. The van der Waals surface area contributed by atoms with E-state index < -0.39 is 0 Å². The zero-order valence-corrected chi connectivity index (χ0v) is 12.8. The van der Waals surface area contributed by atoms with Crippen LogP contribution in [0.15, 0.2) is 65.8 Å². The van der Waals surface area contributed by atoms with Gasteiger partial charge in [-0.3, -0.25) is 4.79 Å². The van der Waals surface area contributed by atoms with Gasteiger partial charge in [0.15, 0.2) is 0 Å². The van der Waals surface area contributed by atoms with Gasteiger partial charge < -0.3 is 5.11 Å². The molecule has 0 aliphatic carbocycles. The van der Waals surface area contributed by atoms with Crippen molar-refractivity contribution < 1.29 is 9.90 Å². The number of hydrogen-bond acceptors (Lipinski definition) is 3. The lowest BCUT2D eigenvalue weighted by Crippen LogP contribution is -2.17. The molecule has 4 nitrogen and oxygen atoms in total. The monoisotopic (exact) mass is 324 g/mol. The number of rotatable bonds is 3. The molecule has 114 valence electrons. The SMILES string of the molecule is O=C(NN=Cc1c(O)ccc2ccccc12)c1cccc(Cl)c1. The smallest absolute Gasteiger partial charge is 0.271 e. The van der Waals surface area contributed by atoms with Gasteiger partial charge in [-0.15, -0.1) is 0 Å². The first-order valence-corrected chi connectivity index (χ1v) is 7.32. The maximum Gasteiger partial charge on any atom is 0.271 e. The van der Waals surface area contributed by atoms with E-state index in [1.807, 2.05) is 30.3 Å². The Hall–Kier alpha value is -2.85. The van der Waals surface area contributed by atoms with Crippen molar-refractivity contribution in [2.75, 3.05) is 0 Å². The van der Waals surface area contributed by atoms with Crippen LogP contribution in [0.25, 0.3) is 10.8 Å². The van der Waals surface area contributed by atoms with Crippen LogP contribution in [0.2, 0.25) is 5.02 Å². The van der Waals surface area contributed by atoms with E-state index in [2.05, 4.69) is 10.5 Å². The van der Waals surface area contributed by atoms with E-state index in [0.717, 1.165) is 10.8 Å². The number of amides is 1. The van der Waals surface area contributed by atoms with Gasteiger partial charge in [-0.05, 0) is 35.0 Å². The Bertz CT molecular complexity index is 906. The first-order chi connectivity index (χ1) is 11.1. The molecule has 0 atom stereocenters. The molecule has 0 aliphatic rings. The topological polar surface area (TPSA) is 61.7 Å². The second-order valence-electron chi connectivity index (χ2n) is 4.93. The van der Waals surface area contributed by atoms with Crippen LogP contribution in [-0.4, -0.2) is 17.2 Å². The minimum absolute atomic E-state index is 0.101. The molecule has 0 spiro atoms. The average molecular weight is 325 g/mol. The molecule has 0 unspecified atom stereocenters. The molecule has 3 rings (SSSR count). The van der Waals surface area contributed by atoms with Gasteiger partial charge in [-0.2, -0.15) is 5.10 Å². The van der Waals surface area contributed by atoms with Crippen LogP contribution in [0, 0.1) is 0 Å². The molecule has 0 saturated carbocycles. The van der Waals surface area contributed by atoms with Gasteiger partial charge in [0.1, 0.15) is 5.75 Å². The second kappa shape index (κ2) is 6.50. The van der Waals surface area contributed by atoms with Gasteiger partial charge in [0.2, 0.25) is 0 Å². The van der Waals surface area contributed by atoms with Crippen molar-refractivity contribution in [3.63, 3.8) is 0 Å². The number of carbonyl (C=O) groups excluding carboxylic acids is 1. The van der Waals surface area contributed by atoms with Gasteiger partial charge in [-0.1, -0.05) is 48.0 Å². The number of benzene rings is 3. The Labute approximate surface area is 138 Å². The summed E-state index contributed by atoms with van der Waals surface area (Å²) in [4.78, 5) is 12.0. The highest BCUT2D eigenvalue weighted by Gasteiger charge is 2.06. The molecule has 0 heterocycles. The number of nitrogens with zero attached hydrogens (tertiary/aromatic N) is 1. The van der Waals surface area contributed by atoms with Gasteiger partial charge >= 0.3 is 0 Å². The Morgan fingerprint density at radius 3 is 2.74 bits per heavy atom. The van der Waals surface area contributed by atoms with Crippen LogP contribution < -0.4 is 5.43 Å². The minimum Gasteiger partial charge on any atom is -0.507 e. The Morgan fingerprint density at radius 1 is 1.09 bits per heavy atom. The highest BCUT2D eigenvalue weighted by atomic mass is 35.5. The molecule has 23 heavy (non-hydrogen) atoms. The molecular formula is C18H13ClN2O2. The van der Waals surface area contributed by atoms with Crippen molar-refractivity contribution >= 4 is 34.5 Å². The van der Waals surface area contributed by atoms with Crippen molar-refractivity contribution in [3.8, 4) is 5.75 Å². The molecule has 0 saturated heterocycles. The number of fused-ring (bicyclic) bond motifs is 1. The fraction of sp³-hybridized carbons (Fsp3) is 0. The van der Waals surface area contributed by atoms with Crippen LogP contribution in [0.5, 0.6) is 5.75 Å². The summed E-state index contributed by atoms with van der Waals surface area (Å²) in [7, 11) is 0. The van der Waals surface area contributed by atoms with Crippen LogP contribution in [0.1, 0.15) is 15.9 Å². The zero-order valence-electron chi connectivity index (χ0n) is 12.0. The second-order valence-corrected chi connectivity index (χ2v) is 5.37. The molecule has 0 radical (unpaired) electrons. The maximum absolute atomic E-state index is 12.0. The Kier molecular flexibility index (Phi) is 4.26. The third-order valence-electron chi connectivity index (χ3n) is 3.39. The third-order valence-corrected chi connectivity index (χ3v) is 3.63. The fourth-order valence-corrected chi connectivity index (χ4v) is 2.46. The molecule has 3 aromatic rings. The summed E-state index contributed by atoms with van der Waals surface area (Å²) < 4.78 is 0. The van der Waals surface area contributed by atoms with E-state index in [-0.39, 0.29) is 11.7 Å². The predicted molar refractivity (Wildman–Crippen MR) is 92.1 cm³/mol. The van der Waals surface area contributed by atoms with E-state index in [0.29, 0.717) is 16.1 Å². The van der Waals surface area contributed by atoms with Crippen molar-refractivity contribution in [1.82, 2.24) is 5.43 Å². The summed E-state index contributed by atoms with van der Waals surface area (Å²) >= 11 is 5.85. The van der Waals surface area contributed by atoms with E-state index in [1.54, 1.807) is 30.3 Å². The number of nitrogens with one attached hydrogen (secondary N) is 1. The largest absolute Gasteiger partial charge is 0.507 e. The number of hydrogen-bond donors (Lipinski definition) is 2. The number of halogens is 1. The van der Waals surface area contributed by atoms with Crippen LogP contribution in [0.3, 0.4) is 0 Å². The zero-order chi connectivity index (χ0) is 16.2. The van der Waals surface area contributed by atoms with Crippen molar-refractivity contribution in [1.29, 1.82) is 0 Å². The van der Waals surface area contributed by atoms with Crippen molar-refractivity contribution in [2.45, 2.75) is 0 Å². The number of carbonyl (C=O) groups is 1. The number of aromatic hydroxyl groups is 1. The van der Waals surface area contributed by atoms with Gasteiger partial charge in [0.25, 0.3) is 5.91 Å². The number of hydrazone groups is 1. The van der Waals surface area contributed by atoms with Gasteiger partial charge in [-0.25, -0.2) is 5.43 Å². The molecule has 0 bridgehead atoms. The van der Waals surface area contributed by atoms with Crippen LogP contribution in [0.4, 0.5) is 0 Å². The summed E-state index contributed by atoms with van der Waals surface area (Å²) in [6.45, 7) is 0. The quantitative estimate of drug-likeness (QED) is 0.566. The average Bonchev–Trinajstić information content (AvgIpc) is 2.56. The summed E-state index contributed by atoms with van der Waals surface area (Å²) in [5.74, 6) is -0.270. The lowest BCUT2D eigenvalue weighted by atomic mass is 10.0. The highest BCUT2D eigenvalue weighted by Crippen LogP contribution is 2.25. The number of phenols is 1. The van der Waals surface area contributed by atoms with E-state index in [1.165, 1.54) is 6.21 Å². The summed E-state index contributed by atoms with van der Waals surface area (Å²) in [5.41, 5.74) is 3.39. The standard InChI is InChI=1S/C18H13ClN2O2/c19-14-6-3-5-13(10-14)18(23)21-20-11-16-15-7-2-1-4-12(15)8-9-17(16)22/h1-11,22H,(H,21,23). The van der Waals surface area contributed by atoms with Crippen LogP contribution in [-0.2, 0) is 0 Å². The summed E-state index contributed by atoms with van der Waals surface area (Å²) in [5, 5.41) is 16.3. The van der Waals surface area contributed by atoms with E-state index in [4.69, 9.17) is 11.6 Å². The molecular weight excluding hydrogens is 312 g/mol. The molecule has 5 heteroatoms. The summed E-state index contributed by atoms with van der Waals surface area (Å²) in [6.07, 6.45) is 1.43. The van der Waals surface area contributed by atoms with Gasteiger partial charge in [0.05, 0.1) is 6.21 Å². The first-order valence-electron chi connectivity index (χ1n) is 6.95.